The maximum absolute atomic E-state index is 12.1. The lowest BCUT2D eigenvalue weighted by Crippen LogP contribution is -2.35. The van der Waals surface area contributed by atoms with Crippen molar-refractivity contribution < 1.29 is 13.2 Å². The second-order valence-electron chi connectivity index (χ2n) is 4.35. The van der Waals surface area contributed by atoms with E-state index in [-0.39, 0.29) is 23.4 Å². The van der Waals surface area contributed by atoms with E-state index in [1.54, 1.807) is 12.1 Å². The molecule has 0 aromatic heterocycles. The van der Waals surface area contributed by atoms with Gasteiger partial charge in [0.25, 0.3) is 0 Å². The van der Waals surface area contributed by atoms with Gasteiger partial charge < -0.3 is 10.6 Å². The van der Waals surface area contributed by atoms with E-state index in [1.807, 2.05) is 19.9 Å². The molecule has 0 aliphatic carbocycles. The lowest BCUT2D eigenvalue weighted by atomic mass is 10.1. The maximum atomic E-state index is 12.1. The first kappa shape index (κ1) is 16.6. The second kappa shape index (κ2) is 7.37. The molecular formula is C13H21N3O3S. The third-order valence-corrected chi connectivity index (χ3v) is 4.28. The number of benzene rings is 1. The largest absolute Gasteiger partial charge is 0.358 e. The van der Waals surface area contributed by atoms with Crippen LogP contribution < -0.4 is 15.4 Å². The lowest BCUT2D eigenvalue weighted by molar-refractivity contribution is -0.119. The van der Waals surface area contributed by atoms with Gasteiger partial charge in [-0.2, -0.15) is 0 Å². The first-order valence-corrected chi connectivity index (χ1v) is 7.92. The lowest BCUT2D eigenvalue weighted by Gasteiger charge is -2.14. The molecule has 112 valence electrons. The van der Waals surface area contributed by atoms with Gasteiger partial charge in [-0.05, 0) is 31.2 Å². The number of carbonyl (C=O) groups is 1. The van der Waals surface area contributed by atoms with Crippen LogP contribution in [0.3, 0.4) is 0 Å². The molecule has 0 bridgehead atoms. The summed E-state index contributed by atoms with van der Waals surface area (Å²) in [6.45, 7) is 4.48. The first-order valence-electron chi connectivity index (χ1n) is 6.44. The Labute approximate surface area is 120 Å². The number of carbonyl (C=O) groups excluding carboxylic acids is 1. The molecule has 7 heteroatoms. The van der Waals surface area contributed by atoms with Crippen LogP contribution >= 0.6 is 0 Å². The van der Waals surface area contributed by atoms with Crippen molar-refractivity contribution in [3.05, 3.63) is 29.8 Å². The van der Waals surface area contributed by atoms with Crippen molar-refractivity contribution in [1.29, 1.82) is 0 Å². The zero-order valence-electron chi connectivity index (χ0n) is 11.9. The van der Waals surface area contributed by atoms with Gasteiger partial charge in [-0.15, -0.1) is 0 Å². The average Bonchev–Trinajstić information content (AvgIpc) is 2.45. The molecule has 3 N–H and O–H groups in total. The molecule has 1 unspecified atom stereocenters. The predicted octanol–water partition coefficient (Wildman–Crippen LogP) is 0.381. The Bertz CT molecular complexity index is 558. The SMILES string of the molecule is CCNC(C)c1cccc(S(=O)(=O)NCC(=O)NC)c1. The predicted molar refractivity (Wildman–Crippen MR) is 77.8 cm³/mol. The van der Waals surface area contributed by atoms with Crippen molar-refractivity contribution in [2.45, 2.75) is 24.8 Å². The van der Waals surface area contributed by atoms with E-state index < -0.39 is 10.0 Å². The molecule has 1 rings (SSSR count). The van der Waals surface area contributed by atoms with Crippen molar-refractivity contribution in [2.24, 2.45) is 0 Å². The van der Waals surface area contributed by atoms with E-state index in [0.717, 1.165) is 12.1 Å². The summed E-state index contributed by atoms with van der Waals surface area (Å²) in [4.78, 5) is 11.3. The Hall–Kier alpha value is -1.44. The maximum Gasteiger partial charge on any atom is 0.241 e. The average molecular weight is 299 g/mol. The summed E-state index contributed by atoms with van der Waals surface area (Å²) >= 11 is 0. The molecule has 0 spiro atoms. The number of nitrogens with one attached hydrogen (secondary N) is 3. The highest BCUT2D eigenvalue weighted by Gasteiger charge is 2.16. The van der Waals surface area contributed by atoms with Gasteiger partial charge in [0.1, 0.15) is 0 Å². The molecule has 0 saturated heterocycles. The summed E-state index contributed by atoms with van der Waals surface area (Å²) in [5.74, 6) is -0.384. The second-order valence-corrected chi connectivity index (χ2v) is 6.12. The van der Waals surface area contributed by atoms with Crippen LogP contribution in [-0.2, 0) is 14.8 Å². The molecular weight excluding hydrogens is 278 g/mol. The van der Waals surface area contributed by atoms with Gasteiger partial charge in [-0.1, -0.05) is 19.1 Å². The molecule has 0 saturated carbocycles. The zero-order valence-corrected chi connectivity index (χ0v) is 12.8. The molecule has 0 aliphatic heterocycles. The number of amides is 1. The summed E-state index contributed by atoms with van der Waals surface area (Å²) in [5, 5.41) is 5.58. The van der Waals surface area contributed by atoms with Crippen LogP contribution in [0.25, 0.3) is 0 Å². The minimum absolute atomic E-state index is 0.0640. The molecule has 0 heterocycles. The highest BCUT2D eigenvalue weighted by atomic mass is 32.2. The third kappa shape index (κ3) is 4.59. The Morgan fingerprint density at radius 2 is 2.05 bits per heavy atom. The van der Waals surface area contributed by atoms with E-state index in [9.17, 15) is 13.2 Å². The van der Waals surface area contributed by atoms with Crippen LogP contribution in [0.5, 0.6) is 0 Å². The van der Waals surface area contributed by atoms with Crippen LogP contribution in [0, 0.1) is 0 Å². The third-order valence-electron chi connectivity index (χ3n) is 2.88. The van der Waals surface area contributed by atoms with E-state index in [0.29, 0.717) is 0 Å². The van der Waals surface area contributed by atoms with Gasteiger partial charge in [0, 0.05) is 13.1 Å². The van der Waals surface area contributed by atoms with Gasteiger partial charge in [0.15, 0.2) is 0 Å². The zero-order chi connectivity index (χ0) is 15.2. The minimum atomic E-state index is -3.68. The first-order chi connectivity index (χ1) is 9.40. The molecule has 1 aromatic carbocycles. The molecule has 0 fully saturated rings. The quantitative estimate of drug-likeness (QED) is 0.679. The molecule has 6 nitrogen and oxygen atoms in total. The van der Waals surface area contributed by atoms with Gasteiger partial charge in [0.2, 0.25) is 15.9 Å². The van der Waals surface area contributed by atoms with Crippen molar-refractivity contribution in [3.63, 3.8) is 0 Å². The summed E-state index contributed by atoms with van der Waals surface area (Å²) < 4.78 is 26.4. The van der Waals surface area contributed by atoms with Crippen molar-refractivity contribution in [1.82, 2.24) is 15.4 Å². The molecule has 0 radical (unpaired) electrons. The molecule has 1 atom stereocenters. The summed E-state index contributed by atoms with van der Waals surface area (Å²) in [6, 6.07) is 6.74. The van der Waals surface area contributed by atoms with Crippen LogP contribution in [0.1, 0.15) is 25.5 Å². The molecule has 1 aromatic rings. The van der Waals surface area contributed by atoms with Gasteiger partial charge in [-0.25, -0.2) is 13.1 Å². The fourth-order valence-corrected chi connectivity index (χ4v) is 2.74. The molecule has 0 aliphatic rings. The van der Waals surface area contributed by atoms with Crippen molar-refractivity contribution in [3.8, 4) is 0 Å². The smallest absolute Gasteiger partial charge is 0.241 e. The topological polar surface area (TPSA) is 87.3 Å². The standard InChI is InChI=1S/C13H21N3O3S/c1-4-15-10(2)11-6-5-7-12(8-11)20(18,19)16-9-13(17)14-3/h5-8,10,15-16H,4,9H2,1-3H3,(H,14,17). The Morgan fingerprint density at radius 1 is 1.35 bits per heavy atom. The highest BCUT2D eigenvalue weighted by molar-refractivity contribution is 7.89. The number of likely N-dealkylation sites (N-methyl/N-ethyl adjacent to an activating group) is 1. The summed E-state index contributed by atoms with van der Waals surface area (Å²) in [6.07, 6.45) is 0. The summed E-state index contributed by atoms with van der Waals surface area (Å²) in [7, 11) is -2.22. The van der Waals surface area contributed by atoms with Crippen LogP contribution in [0.2, 0.25) is 0 Å². The molecule has 20 heavy (non-hydrogen) atoms. The molecule has 1 amide bonds. The monoisotopic (exact) mass is 299 g/mol. The van der Waals surface area contributed by atoms with Crippen molar-refractivity contribution in [2.75, 3.05) is 20.1 Å². The summed E-state index contributed by atoms with van der Waals surface area (Å²) in [5.41, 5.74) is 0.884. The number of sulfonamides is 1. The van der Waals surface area contributed by atoms with E-state index in [2.05, 4.69) is 15.4 Å². The normalized spacial score (nSPS) is 12.9. The number of rotatable bonds is 7. The van der Waals surface area contributed by atoms with Crippen LogP contribution in [0.15, 0.2) is 29.2 Å². The number of hydrogen-bond donors (Lipinski definition) is 3. The minimum Gasteiger partial charge on any atom is -0.358 e. The van der Waals surface area contributed by atoms with Crippen LogP contribution in [-0.4, -0.2) is 34.5 Å². The number of hydrogen-bond acceptors (Lipinski definition) is 4. The van der Waals surface area contributed by atoms with E-state index >= 15 is 0 Å². The highest BCUT2D eigenvalue weighted by Crippen LogP contribution is 2.17. The van der Waals surface area contributed by atoms with Crippen molar-refractivity contribution >= 4 is 15.9 Å². The van der Waals surface area contributed by atoms with Gasteiger partial charge in [-0.3, -0.25) is 4.79 Å². The Kier molecular flexibility index (Phi) is 6.12. The fraction of sp³-hybridized carbons (Fsp3) is 0.462. The van der Waals surface area contributed by atoms with E-state index in [4.69, 9.17) is 0 Å². The van der Waals surface area contributed by atoms with Crippen LogP contribution in [0.4, 0.5) is 0 Å². The Balaban J connectivity index is 2.90. The fourth-order valence-electron chi connectivity index (χ4n) is 1.71. The van der Waals surface area contributed by atoms with Gasteiger partial charge in [0.05, 0.1) is 11.4 Å². The van der Waals surface area contributed by atoms with E-state index in [1.165, 1.54) is 13.1 Å². The Morgan fingerprint density at radius 3 is 2.65 bits per heavy atom. The van der Waals surface area contributed by atoms with Gasteiger partial charge >= 0.3 is 0 Å².